The van der Waals surface area contributed by atoms with Crippen molar-refractivity contribution in [3.63, 3.8) is 0 Å². The van der Waals surface area contributed by atoms with Crippen LogP contribution in [-0.2, 0) is 16.3 Å². The summed E-state index contributed by atoms with van der Waals surface area (Å²) in [6.07, 6.45) is 1.49. The molecule has 0 saturated carbocycles. The van der Waals surface area contributed by atoms with E-state index in [0.29, 0.717) is 0 Å². The molecule has 132 valence electrons. The number of nitrogens with zero attached hydrogens (tertiary/aromatic N) is 3. The van der Waals surface area contributed by atoms with Crippen molar-refractivity contribution in [3.05, 3.63) is 51.3 Å². The van der Waals surface area contributed by atoms with Gasteiger partial charge < -0.3 is 14.8 Å². The molecule has 0 fully saturated rings. The summed E-state index contributed by atoms with van der Waals surface area (Å²) in [5.74, 6) is -0.888. The molecule has 25 heavy (non-hydrogen) atoms. The Bertz CT molecular complexity index is 806. The summed E-state index contributed by atoms with van der Waals surface area (Å²) in [5, 5.41) is 17.1. The number of amides is 1. The number of nitro groups is 1. The Balaban J connectivity index is 1.94. The van der Waals surface area contributed by atoms with Crippen LogP contribution in [0.2, 0.25) is 5.02 Å². The predicted octanol–water partition coefficient (Wildman–Crippen LogP) is 1.38. The lowest BCUT2D eigenvalue weighted by Crippen LogP contribution is -2.30. The fraction of sp³-hybridized carbons (Fsp3) is 0.214. The van der Waals surface area contributed by atoms with E-state index >= 15 is 0 Å². The zero-order chi connectivity index (χ0) is 18.4. The van der Waals surface area contributed by atoms with Gasteiger partial charge in [-0.25, -0.2) is 4.68 Å². The van der Waals surface area contributed by atoms with E-state index in [1.807, 2.05) is 0 Å². The van der Waals surface area contributed by atoms with Gasteiger partial charge in [0.2, 0.25) is 0 Å². The molecule has 0 aliphatic carbocycles. The standard InChI is InChI=1S/C14H13ClN4O6/c1-24-13(20)7-16-14(21)11-4-5-18(17-11)8-25-12-3-2-9(19(22)23)6-10(12)15/h2-6H,7-8H2,1H3,(H,16,21). The lowest BCUT2D eigenvalue weighted by molar-refractivity contribution is -0.384. The third-order valence-electron chi connectivity index (χ3n) is 2.97. The molecular formula is C14H13ClN4O6. The van der Waals surface area contributed by atoms with Gasteiger partial charge in [-0.3, -0.25) is 19.7 Å². The molecule has 0 radical (unpaired) electrons. The van der Waals surface area contributed by atoms with E-state index < -0.39 is 16.8 Å². The number of non-ortho nitro benzene ring substituents is 1. The van der Waals surface area contributed by atoms with E-state index in [0.717, 1.165) is 0 Å². The molecule has 0 atom stereocenters. The fourth-order valence-corrected chi connectivity index (χ4v) is 1.96. The lowest BCUT2D eigenvalue weighted by Gasteiger charge is -2.07. The van der Waals surface area contributed by atoms with Crippen LogP contribution in [0.3, 0.4) is 0 Å². The summed E-state index contributed by atoms with van der Waals surface area (Å²) in [6.45, 7) is -0.334. The van der Waals surface area contributed by atoms with Crippen LogP contribution in [0, 0.1) is 10.1 Å². The SMILES string of the molecule is COC(=O)CNC(=O)c1ccn(COc2ccc([N+](=O)[O-])cc2Cl)n1. The second kappa shape index (κ2) is 8.11. The minimum absolute atomic E-state index is 0.0676. The molecule has 1 heterocycles. The van der Waals surface area contributed by atoms with Gasteiger partial charge >= 0.3 is 5.97 Å². The topological polar surface area (TPSA) is 126 Å². The van der Waals surface area contributed by atoms with Gasteiger partial charge in [-0.05, 0) is 12.1 Å². The number of hydrogen-bond donors (Lipinski definition) is 1. The van der Waals surface area contributed by atoms with Crippen LogP contribution in [0.15, 0.2) is 30.5 Å². The zero-order valence-corrected chi connectivity index (χ0v) is 13.7. The average Bonchev–Trinajstić information content (AvgIpc) is 3.07. The molecule has 1 amide bonds. The maximum Gasteiger partial charge on any atom is 0.325 e. The first-order chi connectivity index (χ1) is 11.9. The smallest absolute Gasteiger partial charge is 0.325 e. The number of rotatable bonds is 7. The number of nitro benzene ring substituents is 1. The largest absolute Gasteiger partial charge is 0.470 e. The van der Waals surface area contributed by atoms with Crippen molar-refractivity contribution in [2.45, 2.75) is 6.73 Å². The van der Waals surface area contributed by atoms with E-state index in [1.54, 1.807) is 0 Å². The molecule has 0 unspecified atom stereocenters. The fourth-order valence-electron chi connectivity index (χ4n) is 1.73. The van der Waals surface area contributed by atoms with Crippen LogP contribution in [-0.4, -0.2) is 40.2 Å². The van der Waals surface area contributed by atoms with Gasteiger partial charge in [0.05, 0.1) is 17.1 Å². The highest BCUT2D eigenvalue weighted by molar-refractivity contribution is 6.32. The van der Waals surface area contributed by atoms with E-state index in [9.17, 15) is 19.7 Å². The predicted molar refractivity (Wildman–Crippen MR) is 85.3 cm³/mol. The molecule has 1 N–H and O–H groups in total. The first kappa shape index (κ1) is 18.2. The number of esters is 1. The second-order valence-electron chi connectivity index (χ2n) is 4.64. The Morgan fingerprint density at radius 1 is 1.40 bits per heavy atom. The molecule has 0 aliphatic rings. The van der Waals surface area contributed by atoms with Gasteiger partial charge in [0.25, 0.3) is 11.6 Å². The lowest BCUT2D eigenvalue weighted by atomic mass is 10.3. The summed E-state index contributed by atoms with van der Waals surface area (Å²) in [7, 11) is 1.21. The molecule has 0 bridgehead atoms. The highest BCUT2D eigenvalue weighted by Gasteiger charge is 2.13. The molecule has 2 aromatic rings. The van der Waals surface area contributed by atoms with Crippen LogP contribution in [0.1, 0.15) is 10.5 Å². The highest BCUT2D eigenvalue weighted by Crippen LogP contribution is 2.28. The number of aromatic nitrogens is 2. The number of nitrogens with one attached hydrogen (secondary N) is 1. The van der Waals surface area contributed by atoms with Crippen LogP contribution in [0.25, 0.3) is 0 Å². The van der Waals surface area contributed by atoms with Gasteiger partial charge in [0, 0.05) is 18.3 Å². The normalized spacial score (nSPS) is 10.2. The number of ether oxygens (including phenoxy) is 2. The van der Waals surface area contributed by atoms with Crippen molar-refractivity contribution < 1.29 is 24.0 Å². The molecule has 1 aromatic heterocycles. The Morgan fingerprint density at radius 2 is 2.16 bits per heavy atom. The van der Waals surface area contributed by atoms with E-state index in [1.165, 1.54) is 42.3 Å². The number of carbonyl (C=O) groups is 2. The van der Waals surface area contributed by atoms with Crippen LogP contribution in [0.5, 0.6) is 5.75 Å². The van der Waals surface area contributed by atoms with E-state index in [4.69, 9.17) is 16.3 Å². The number of hydrogen-bond acceptors (Lipinski definition) is 7. The number of halogens is 1. The monoisotopic (exact) mass is 368 g/mol. The number of methoxy groups -OCH3 is 1. The van der Waals surface area contributed by atoms with Crippen molar-refractivity contribution in [3.8, 4) is 5.75 Å². The second-order valence-corrected chi connectivity index (χ2v) is 5.05. The molecule has 0 spiro atoms. The minimum Gasteiger partial charge on any atom is -0.470 e. The quantitative estimate of drug-likeness (QED) is 0.444. The maximum atomic E-state index is 11.8. The molecule has 0 aliphatic heterocycles. The molecule has 11 heteroatoms. The van der Waals surface area contributed by atoms with Crippen molar-refractivity contribution >= 4 is 29.2 Å². The molecule has 1 aromatic carbocycles. The van der Waals surface area contributed by atoms with Gasteiger partial charge in [0.15, 0.2) is 6.73 Å². The number of carbonyl (C=O) groups excluding carboxylic acids is 2. The third-order valence-corrected chi connectivity index (χ3v) is 3.27. The highest BCUT2D eigenvalue weighted by atomic mass is 35.5. The third kappa shape index (κ3) is 4.91. The Kier molecular flexibility index (Phi) is 5.90. The first-order valence-corrected chi connectivity index (χ1v) is 7.23. The van der Waals surface area contributed by atoms with Crippen molar-refractivity contribution in [2.75, 3.05) is 13.7 Å². The van der Waals surface area contributed by atoms with Crippen molar-refractivity contribution in [1.29, 1.82) is 0 Å². The molecule has 10 nitrogen and oxygen atoms in total. The Morgan fingerprint density at radius 3 is 2.80 bits per heavy atom. The van der Waals surface area contributed by atoms with Crippen LogP contribution < -0.4 is 10.1 Å². The van der Waals surface area contributed by atoms with Crippen LogP contribution in [0.4, 0.5) is 5.69 Å². The molecule has 0 saturated heterocycles. The van der Waals surface area contributed by atoms with E-state index in [-0.39, 0.29) is 35.4 Å². The molecule has 2 rings (SSSR count). The average molecular weight is 369 g/mol. The minimum atomic E-state index is -0.580. The summed E-state index contributed by atoms with van der Waals surface area (Å²) in [4.78, 5) is 32.8. The summed E-state index contributed by atoms with van der Waals surface area (Å²) < 4.78 is 11.1. The van der Waals surface area contributed by atoms with E-state index in [2.05, 4.69) is 15.2 Å². The molecular weight excluding hydrogens is 356 g/mol. The number of benzene rings is 1. The maximum absolute atomic E-state index is 11.8. The van der Waals surface area contributed by atoms with Crippen molar-refractivity contribution in [2.24, 2.45) is 0 Å². The Labute approximate surface area is 146 Å². The van der Waals surface area contributed by atoms with Gasteiger partial charge in [-0.2, -0.15) is 5.10 Å². The summed E-state index contributed by atoms with van der Waals surface area (Å²) in [6, 6.07) is 5.24. The summed E-state index contributed by atoms with van der Waals surface area (Å²) >= 11 is 5.91. The summed E-state index contributed by atoms with van der Waals surface area (Å²) in [5.41, 5.74) is -0.0664. The van der Waals surface area contributed by atoms with Crippen LogP contribution >= 0.6 is 11.6 Å². The zero-order valence-electron chi connectivity index (χ0n) is 13.0. The first-order valence-electron chi connectivity index (χ1n) is 6.86. The van der Waals surface area contributed by atoms with Gasteiger partial charge in [0.1, 0.15) is 18.0 Å². The Hall–Kier alpha value is -3.14. The van der Waals surface area contributed by atoms with Crippen molar-refractivity contribution in [1.82, 2.24) is 15.1 Å². The van der Waals surface area contributed by atoms with Gasteiger partial charge in [-0.15, -0.1) is 0 Å². The van der Waals surface area contributed by atoms with Gasteiger partial charge in [-0.1, -0.05) is 11.6 Å².